The lowest BCUT2D eigenvalue weighted by atomic mass is 10.3. The molecule has 0 atom stereocenters. The van der Waals surface area contributed by atoms with Crippen LogP contribution in [0.2, 0.25) is 15.1 Å². The predicted octanol–water partition coefficient (Wildman–Crippen LogP) is 2.35. The summed E-state index contributed by atoms with van der Waals surface area (Å²) in [6.07, 6.45) is 0. The van der Waals surface area contributed by atoms with Crippen LogP contribution in [0.1, 0.15) is 0 Å². The highest BCUT2D eigenvalue weighted by atomic mass is 35.5. The number of anilines is 1. The second-order valence-corrected chi connectivity index (χ2v) is 6.05. The predicted molar refractivity (Wildman–Crippen MR) is 67.9 cm³/mol. The zero-order chi connectivity index (χ0) is 12.3. The van der Waals surface area contributed by atoms with Crippen LogP contribution in [0.5, 0.6) is 0 Å². The van der Waals surface area contributed by atoms with Crippen molar-refractivity contribution in [1.82, 2.24) is 0 Å². The zero-order valence-corrected chi connectivity index (χ0v) is 11.1. The van der Waals surface area contributed by atoms with Gasteiger partial charge in [0.15, 0.2) is 0 Å². The number of hydrogen-bond acceptors (Lipinski definition) is 3. The summed E-state index contributed by atoms with van der Waals surface area (Å²) >= 11 is 17.3. The summed E-state index contributed by atoms with van der Waals surface area (Å²) in [5, 5.41) is 0.605. The molecule has 16 heavy (non-hydrogen) atoms. The van der Waals surface area contributed by atoms with E-state index < -0.39 is 10.0 Å². The van der Waals surface area contributed by atoms with E-state index in [2.05, 4.69) is 4.72 Å². The van der Waals surface area contributed by atoms with Crippen LogP contribution in [0.4, 0.5) is 5.69 Å². The largest absolute Gasteiger partial charge is 0.329 e. The Balaban J connectivity index is 3.07. The third kappa shape index (κ3) is 3.68. The SMILES string of the molecule is NCCS(=O)(=O)Nc1c(Cl)cc(Cl)cc1Cl. The van der Waals surface area contributed by atoms with Crippen LogP contribution in [0.25, 0.3) is 0 Å². The number of rotatable bonds is 4. The van der Waals surface area contributed by atoms with Gasteiger partial charge in [0.1, 0.15) is 0 Å². The molecule has 0 fully saturated rings. The van der Waals surface area contributed by atoms with E-state index in [-0.39, 0.29) is 28.0 Å². The maximum absolute atomic E-state index is 11.4. The number of sulfonamides is 1. The Morgan fingerprint density at radius 2 is 1.69 bits per heavy atom. The highest BCUT2D eigenvalue weighted by molar-refractivity contribution is 7.92. The third-order valence-corrected chi connectivity index (χ3v) is 3.75. The van der Waals surface area contributed by atoms with Crippen LogP contribution in [0.3, 0.4) is 0 Å². The normalized spacial score (nSPS) is 11.5. The van der Waals surface area contributed by atoms with Crippen molar-refractivity contribution in [3.8, 4) is 0 Å². The van der Waals surface area contributed by atoms with Crippen molar-refractivity contribution in [2.75, 3.05) is 17.0 Å². The third-order valence-electron chi connectivity index (χ3n) is 1.65. The molecule has 1 aromatic carbocycles. The maximum atomic E-state index is 11.4. The Bertz CT molecular complexity index is 467. The smallest absolute Gasteiger partial charge is 0.234 e. The first kappa shape index (κ1) is 13.9. The van der Waals surface area contributed by atoms with Gasteiger partial charge < -0.3 is 5.73 Å². The minimum atomic E-state index is -3.53. The van der Waals surface area contributed by atoms with Crippen molar-refractivity contribution in [3.63, 3.8) is 0 Å². The summed E-state index contributed by atoms with van der Waals surface area (Å²) in [7, 11) is -3.53. The molecule has 0 aliphatic carbocycles. The van der Waals surface area contributed by atoms with E-state index in [0.717, 1.165) is 0 Å². The fourth-order valence-corrected chi connectivity index (χ4v) is 2.97. The van der Waals surface area contributed by atoms with Gasteiger partial charge in [-0.25, -0.2) is 8.42 Å². The Kier molecular flexibility index (Phi) is 4.70. The number of halogens is 3. The first-order chi connectivity index (χ1) is 7.35. The molecule has 1 aromatic rings. The van der Waals surface area contributed by atoms with E-state index in [1.54, 1.807) is 0 Å². The van der Waals surface area contributed by atoms with Crippen molar-refractivity contribution in [3.05, 3.63) is 27.2 Å². The van der Waals surface area contributed by atoms with Crippen molar-refractivity contribution < 1.29 is 8.42 Å². The molecule has 8 heteroatoms. The monoisotopic (exact) mass is 302 g/mol. The second-order valence-electron chi connectivity index (χ2n) is 2.95. The molecule has 0 unspecified atom stereocenters. The van der Waals surface area contributed by atoms with Crippen LogP contribution in [-0.4, -0.2) is 20.7 Å². The standard InChI is InChI=1S/C8H9Cl3N2O2S/c9-5-3-6(10)8(7(11)4-5)13-16(14,15)2-1-12/h3-4,13H,1-2,12H2. The van der Waals surface area contributed by atoms with Crippen molar-refractivity contribution in [2.24, 2.45) is 5.73 Å². The molecule has 0 bridgehead atoms. The minimum absolute atomic E-state index is 0.0121. The van der Waals surface area contributed by atoms with Gasteiger partial charge in [-0.05, 0) is 12.1 Å². The van der Waals surface area contributed by atoms with E-state index in [1.807, 2.05) is 0 Å². The van der Waals surface area contributed by atoms with Gasteiger partial charge in [-0.2, -0.15) is 0 Å². The lowest BCUT2D eigenvalue weighted by Gasteiger charge is -2.10. The molecule has 4 nitrogen and oxygen atoms in total. The second kappa shape index (κ2) is 5.42. The van der Waals surface area contributed by atoms with Crippen LogP contribution >= 0.6 is 34.8 Å². The molecular weight excluding hydrogens is 295 g/mol. The highest BCUT2D eigenvalue weighted by Gasteiger charge is 2.15. The van der Waals surface area contributed by atoms with Crippen molar-refractivity contribution in [1.29, 1.82) is 0 Å². The minimum Gasteiger partial charge on any atom is -0.329 e. The average molecular weight is 304 g/mol. The van der Waals surface area contributed by atoms with Crippen LogP contribution in [0.15, 0.2) is 12.1 Å². The van der Waals surface area contributed by atoms with Crippen molar-refractivity contribution >= 4 is 50.5 Å². The molecule has 0 aromatic heterocycles. The summed E-state index contributed by atoms with van der Waals surface area (Å²) in [5.74, 6) is -0.206. The highest BCUT2D eigenvalue weighted by Crippen LogP contribution is 2.34. The first-order valence-electron chi connectivity index (χ1n) is 4.21. The quantitative estimate of drug-likeness (QED) is 0.897. The summed E-state index contributed by atoms with van der Waals surface area (Å²) in [6, 6.07) is 2.80. The summed E-state index contributed by atoms with van der Waals surface area (Å²) in [4.78, 5) is 0. The topological polar surface area (TPSA) is 72.2 Å². The molecule has 0 aliphatic rings. The molecule has 1 rings (SSSR count). The molecule has 3 N–H and O–H groups in total. The average Bonchev–Trinajstić information content (AvgIpc) is 2.11. The summed E-state index contributed by atoms with van der Waals surface area (Å²) in [5.41, 5.74) is 5.27. The van der Waals surface area contributed by atoms with Gasteiger partial charge in [0.05, 0.1) is 21.5 Å². The molecule has 0 radical (unpaired) electrons. The molecule has 0 amide bonds. The molecule has 0 heterocycles. The van der Waals surface area contributed by atoms with Crippen LogP contribution in [0, 0.1) is 0 Å². The van der Waals surface area contributed by atoms with Gasteiger partial charge in [-0.3, -0.25) is 4.72 Å². The van der Waals surface area contributed by atoms with E-state index in [4.69, 9.17) is 40.5 Å². The van der Waals surface area contributed by atoms with E-state index in [1.165, 1.54) is 12.1 Å². The molecule has 0 aliphatic heterocycles. The Morgan fingerprint density at radius 3 is 2.12 bits per heavy atom. The lowest BCUT2D eigenvalue weighted by Crippen LogP contribution is -2.22. The molecule has 0 saturated carbocycles. The molecule has 0 saturated heterocycles. The number of nitrogens with two attached hydrogens (primary N) is 1. The zero-order valence-electron chi connectivity index (χ0n) is 8.00. The van der Waals surface area contributed by atoms with Gasteiger partial charge >= 0.3 is 0 Å². The maximum Gasteiger partial charge on any atom is 0.234 e. The van der Waals surface area contributed by atoms with Crippen molar-refractivity contribution in [2.45, 2.75) is 0 Å². The molecular formula is C8H9Cl3N2O2S. The molecule has 0 spiro atoms. The fourth-order valence-electron chi connectivity index (χ4n) is 1.00. The Morgan fingerprint density at radius 1 is 1.19 bits per heavy atom. The fraction of sp³-hybridized carbons (Fsp3) is 0.250. The summed E-state index contributed by atoms with van der Waals surface area (Å²) in [6.45, 7) is 0.0121. The lowest BCUT2D eigenvalue weighted by molar-refractivity contribution is 0.601. The van der Waals surface area contributed by atoms with E-state index in [9.17, 15) is 8.42 Å². The number of hydrogen-bond donors (Lipinski definition) is 2. The van der Waals surface area contributed by atoms with Gasteiger partial charge in [0.25, 0.3) is 0 Å². The first-order valence-corrected chi connectivity index (χ1v) is 6.99. The number of nitrogens with one attached hydrogen (secondary N) is 1. The van der Waals surface area contributed by atoms with Crippen LogP contribution < -0.4 is 10.5 Å². The summed E-state index contributed by atoms with van der Waals surface area (Å²) < 4.78 is 25.1. The Hall–Kier alpha value is -0.200. The van der Waals surface area contributed by atoms with E-state index >= 15 is 0 Å². The van der Waals surface area contributed by atoms with Gasteiger partial charge in [0.2, 0.25) is 10.0 Å². The van der Waals surface area contributed by atoms with E-state index in [0.29, 0.717) is 5.02 Å². The van der Waals surface area contributed by atoms with Crippen LogP contribution in [-0.2, 0) is 10.0 Å². The van der Waals surface area contributed by atoms with Gasteiger partial charge in [-0.15, -0.1) is 0 Å². The van der Waals surface area contributed by atoms with Gasteiger partial charge in [0, 0.05) is 11.6 Å². The Labute approximate surface area is 109 Å². The number of benzene rings is 1. The van der Waals surface area contributed by atoms with Gasteiger partial charge in [-0.1, -0.05) is 34.8 Å². The molecule has 90 valence electrons.